The first-order valence-electron chi connectivity index (χ1n) is 9.43. The number of pyridine rings is 2. The number of nitrogens with zero attached hydrogens (tertiary/aromatic N) is 3. The van der Waals surface area contributed by atoms with Crippen LogP contribution in [0.4, 0.5) is 5.82 Å². The van der Waals surface area contributed by atoms with Crippen molar-refractivity contribution in [3.8, 4) is 16.9 Å². The zero-order valence-electron chi connectivity index (χ0n) is 16.5. The molecule has 3 aromatic rings. The summed E-state index contributed by atoms with van der Waals surface area (Å²) < 4.78 is 8.37. The molecule has 1 unspecified atom stereocenters. The van der Waals surface area contributed by atoms with Crippen molar-refractivity contribution in [2.45, 2.75) is 13.8 Å². The van der Waals surface area contributed by atoms with Crippen molar-refractivity contribution in [2.75, 3.05) is 25.0 Å². The number of rotatable bonds is 9. The zero-order chi connectivity index (χ0) is 20.8. The van der Waals surface area contributed by atoms with Gasteiger partial charge in [0.25, 0.3) is 0 Å². The maximum atomic E-state index is 11.7. The first kappa shape index (κ1) is 20.9. The third-order valence-electron chi connectivity index (χ3n) is 4.43. The lowest BCUT2D eigenvalue weighted by molar-refractivity contribution is -0.123. The Labute approximate surface area is 178 Å². The molecule has 3 aromatic heterocycles. The number of fused-ring (bicyclic) bond motifs is 1. The molecule has 0 aliphatic carbocycles. The smallest absolute Gasteiger partial charge is 0.226 e. The Morgan fingerprint density at radius 2 is 2.21 bits per heavy atom. The predicted molar refractivity (Wildman–Crippen MR) is 118 cm³/mol. The van der Waals surface area contributed by atoms with Gasteiger partial charge in [0.2, 0.25) is 5.91 Å². The van der Waals surface area contributed by atoms with Gasteiger partial charge in [-0.25, -0.2) is 9.50 Å². The van der Waals surface area contributed by atoms with Gasteiger partial charge in [0, 0.05) is 30.4 Å². The molecule has 3 heterocycles. The SMILES string of the molecule is C=CC(C)C(=O)NCCNc1ccc(-c2cc(OCC)cn3ncc(Br)c23)cn1. The number of carbonyl (C=O) groups is 1. The van der Waals surface area contributed by atoms with Gasteiger partial charge >= 0.3 is 0 Å². The number of amides is 1. The van der Waals surface area contributed by atoms with Crippen LogP contribution < -0.4 is 15.4 Å². The van der Waals surface area contributed by atoms with Gasteiger partial charge in [-0.1, -0.05) is 13.0 Å². The topological polar surface area (TPSA) is 80.5 Å². The summed E-state index contributed by atoms with van der Waals surface area (Å²) in [4.78, 5) is 16.2. The number of anilines is 1. The molecule has 0 fully saturated rings. The van der Waals surface area contributed by atoms with Crippen LogP contribution in [-0.4, -0.2) is 40.2 Å². The van der Waals surface area contributed by atoms with Crippen LogP contribution >= 0.6 is 15.9 Å². The second-order valence-electron chi connectivity index (χ2n) is 6.48. The number of halogens is 1. The van der Waals surface area contributed by atoms with Crippen molar-refractivity contribution in [1.82, 2.24) is 19.9 Å². The lowest BCUT2D eigenvalue weighted by Crippen LogP contribution is -2.32. The Morgan fingerprint density at radius 1 is 1.38 bits per heavy atom. The highest BCUT2D eigenvalue weighted by Crippen LogP contribution is 2.33. The average Bonchev–Trinajstić information content (AvgIpc) is 3.11. The van der Waals surface area contributed by atoms with Gasteiger partial charge in [0.05, 0.1) is 34.9 Å². The summed E-state index contributed by atoms with van der Waals surface area (Å²) in [6.45, 7) is 9.06. The van der Waals surface area contributed by atoms with E-state index >= 15 is 0 Å². The maximum Gasteiger partial charge on any atom is 0.226 e. The molecule has 0 bridgehead atoms. The van der Waals surface area contributed by atoms with Crippen LogP contribution in [0.5, 0.6) is 5.75 Å². The fraction of sp³-hybridized carbons (Fsp3) is 0.286. The van der Waals surface area contributed by atoms with E-state index in [2.05, 4.69) is 43.2 Å². The predicted octanol–water partition coefficient (Wildman–Crippen LogP) is 3.91. The molecule has 1 amide bonds. The molecule has 152 valence electrons. The second-order valence-corrected chi connectivity index (χ2v) is 7.34. The fourth-order valence-corrected chi connectivity index (χ4v) is 3.31. The molecule has 2 N–H and O–H groups in total. The van der Waals surface area contributed by atoms with Crippen LogP contribution in [0, 0.1) is 5.92 Å². The van der Waals surface area contributed by atoms with E-state index in [0.717, 1.165) is 32.7 Å². The summed E-state index contributed by atoms with van der Waals surface area (Å²) >= 11 is 3.56. The Kier molecular flexibility index (Phi) is 6.87. The fourth-order valence-electron chi connectivity index (χ4n) is 2.83. The van der Waals surface area contributed by atoms with Gasteiger partial charge in [0.15, 0.2) is 0 Å². The molecule has 0 saturated carbocycles. The van der Waals surface area contributed by atoms with E-state index in [4.69, 9.17) is 4.74 Å². The standard InChI is InChI=1S/C21H24BrN5O2/c1-4-14(3)21(28)24-9-8-23-19-7-6-15(11-25-19)17-10-16(29-5-2)13-27-20(17)18(22)12-26-27/h4,6-7,10-14H,1,5,8-9H2,2-3H3,(H,23,25)(H,24,28). The molecule has 0 aromatic carbocycles. The molecule has 0 saturated heterocycles. The van der Waals surface area contributed by atoms with Crippen molar-refractivity contribution in [3.63, 3.8) is 0 Å². The van der Waals surface area contributed by atoms with Gasteiger partial charge in [0.1, 0.15) is 11.6 Å². The molecular weight excluding hydrogens is 434 g/mol. The molecule has 1 atom stereocenters. The highest BCUT2D eigenvalue weighted by Gasteiger charge is 2.13. The van der Waals surface area contributed by atoms with Gasteiger partial charge < -0.3 is 15.4 Å². The minimum absolute atomic E-state index is 0.0327. The number of hydrogen-bond acceptors (Lipinski definition) is 5. The Hall–Kier alpha value is -2.87. The number of ether oxygens (including phenoxy) is 1. The minimum Gasteiger partial charge on any atom is -0.492 e. The van der Waals surface area contributed by atoms with Crippen LogP contribution in [0.3, 0.4) is 0 Å². The first-order chi connectivity index (χ1) is 14.0. The molecule has 8 heteroatoms. The summed E-state index contributed by atoms with van der Waals surface area (Å²) in [6.07, 6.45) is 7.06. The molecule has 0 aliphatic rings. The summed E-state index contributed by atoms with van der Waals surface area (Å²) in [5, 5.41) is 10.4. The van der Waals surface area contributed by atoms with Crippen molar-refractivity contribution < 1.29 is 9.53 Å². The minimum atomic E-state index is -0.195. The third-order valence-corrected chi connectivity index (χ3v) is 5.01. The van der Waals surface area contributed by atoms with Gasteiger partial charge in [-0.05, 0) is 41.1 Å². The van der Waals surface area contributed by atoms with E-state index < -0.39 is 0 Å². The van der Waals surface area contributed by atoms with Gasteiger partial charge in [-0.15, -0.1) is 6.58 Å². The van der Waals surface area contributed by atoms with Gasteiger partial charge in [-0.2, -0.15) is 5.10 Å². The Balaban J connectivity index is 1.71. The van der Waals surface area contributed by atoms with Crippen LogP contribution in [-0.2, 0) is 4.79 Å². The molecule has 29 heavy (non-hydrogen) atoms. The summed E-state index contributed by atoms with van der Waals surface area (Å²) in [5.74, 6) is 1.26. The lowest BCUT2D eigenvalue weighted by atomic mass is 10.1. The third kappa shape index (κ3) is 4.95. The number of nitrogens with one attached hydrogen (secondary N) is 2. The number of carbonyl (C=O) groups excluding carboxylic acids is 1. The van der Waals surface area contributed by atoms with E-state index in [0.29, 0.717) is 19.7 Å². The molecule has 0 aliphatic heterocycles. The van der Waals surface area contributed by atoms with Gasteiger partial charge in [-0.3, -0.25) is 4.79 Å². The van der Waals surface area contributed by atoms with Crippen molar-refractivity contribution >= 4 is 33.2 Å². The van der Waals surface area contributed by atoms with Crippen LogP contribution in [0.2, 0.25) is 0 Å². The van der Waals surface area contributed by atoms with E-state index in [1.807, 2.05) is 44.4 Å². The van der Waals surface area contributed by atoms with Crippen molar-refractivity contribution in [3.05, 3.63) is 53.9 Å². The molecular formula is C21H24BrN5O2. The number of aromatic nitrogens is 3. The van der Waals surface area contributed by atoms with Crippen molar-refractivity contribution in [2.24, 2.45) is 5.92 Å². The quantitative estimate of drug-likeness (QED) is 0.376. The zero-order valence-corrected chi connectivity index (χ0v) is 18.1. The Bertz CT molecular complexity index is 1000. The maximum absolute atomic E-state index is 11.7. The molecule has 0 spiro atoms. The normalized spacial score (nSPS) is 11.8. The highest BCUT2D eigenvalue weighted by atomic mass is 79.9. The number of hydrogen-bond donors (Lipinski definition) is 2. The van der Waals surface area contributed by atoms with E-state index in [-0.39, 0.29) is 11.8 Å². The van der Waals surface area contributed by atoms with Crippen LogP contribution in [0.1, 0.15) is 13.8 Å². The van der Waals surface area contributed by atoms with E-state index in [1.165, 1.54) is 0 Å². The van der Waals surface area contributed by atoms with Crippen molar-refractivity contribution in [1.29, 1.82) is 0 Å². The largest absolute Gasteiger partial charge is 0.492 e. The summed E-state index contributed by atoms with van der Waals surface area (Å²) in [5.41, 5.74) is 2.89. The molecule has 0 radical (unpaired) electrons. The second kappa shape index (κ2) is 9.56. The average molecular weight is 458 g/mol. The Morgan fingerprint density at radius 3 is 2.90 bits per heavy atom. The lowest BCUT2D eigenvalue weighted by Gasteiger charge is -2.11. The van der Waals surface area contributed by atoms with E-state index in [1.54, 1.807) is 16.8 Å². The van der Waals surface area contributed by atoms with E-state index in [9.17, 15) is 4.79 Å². The van der Waals surface area contributed by atoms with Crippen LogP contribution in [0.15, 0.2) is 53.9 Å². The highest BCUT2D eigenvalue weighted by molar-refractivity contribution is 9.10. The summed E-state index contributed by atoms with van der Waals surface area (Å²) in [7, 11) is 0. The monoisotopic (exact) mass is 457 g/mol. The first-order valence-corrected chi connectivity index (χ1v) is 10.2. The molecule has 3 rings (SSSR count). The molecule has 7 nitrogen and oxygen atoms in total. The van der Waals surface area contributed by atoms with Crippen LogP contribution in [0.25, 0.3) is 16.6 Å². The summed E-state index contributed by atoms with van der Waals surface area (Å²) in [6, 6.07) is 5.90.